The van der Waals surface area contributed by atoms with Crippen LogP contribution in [0, 0.1) is 6.92 Å². The van der Waals surface area contributed by atoms with E-state index in [0.29, 0.717) is 36.9 Å². The van der Waals surface area contributed by atoms with Crippen molar-refractivity contribution >= 4 is 5.91 Å². The number of hydrogen-bond acceptors (Lipinski definition) is 5. The van der Waals surface area contributed by atoms with Crippen molar-refractivity contribution in [2.75, 3.05) is 7.05 Å². The fraction of sp³-hybridized carbons (Fsp3) is 0.278. The molecule has 0 saturated carbocycles. The van der Waals surface area contributed by atoms with Crippen LogP contribution >= 0.6 is 0 Å². The highest BCUT2D eigenvalue weighted by molar-refractivity contribution is 5.76. The smallest absolute Gasteiger partial charge is 0.238 e. The highest BCUT2D eigenvalue weighted by Crippen LogP contribution is 2.16. The number of aromatic nitrogens is 2. The molecule has 1 amide bonds. The van der Waals surface area contributed by atoms with Crippen LogP contribution < -0.4 is 0 Å². The highest BCUT2D eigenvalue weighted by atomic mass is 16.5. The fourth-order valence-corrected chi connectivity index (χ4v) is 2.40. The third-order valence-electron chi connectivity index (χ3n) is 3.86. The van der Waals surface area contributed by atoms with Crippen LogP contribution in [0.5, 0.6) is 0 Å². The molecule has 124 valence electrons. The molecule has 0 unspecified atom stereocenters. The molecule has 2 aromatic heterocycles. The van der Waals surface area contributed by atoms with E-state index >= 15 is 0 Å². The maximum absolute atomic E-state index is 12.3. The second-order valence-corrected chi connectivity index (χ2v) is 5.67. The third-order valence-corrected chi connectivity index (χ3v) is 3.86. The van der Waals surface area contributed by atoms with Gasteiger partial charge in [-0.3, -0.25) is 4.79 Å². The van der Waals surface area contributed by atoms with Crippen LogP contribution in [0.2, 0.25) is 0 Å². The van der Waals surface area contributed by atoms with Gasteiger partial charge in [0, 0.05) is 26.4 Å². The van der Waals surface area contributed by atoms with Crippen molar-refractivity contribution in [1.82, 2.24) is 15.0 Å². The molecule has 3 rings (SSSR count). The van der Waals surface area contributed by atoms with E-state index in [1.807, 2.05) is 31.2 Å². The maximum atomic E-state index is 12.3. The van der Waals surface area contributed by atoms with Gasteiger partial charge < -0.3 is 13.8 Å². The molecule has 0 aliphatic heterocycles. The van der Waals surface area contributed by atoms with Gasteiger partial charge in [-0.2, -0.15) is 4.98 Å². The molecule has 1 aromatic carbocycles. The number of hydrogen-bond donors (Lipinski definition) is 0. The van der Waals surface area contributed by atoms with Gasteiger partial charge in [0.25, 0.3) is 0 Å². The monoisotopic (exact) mass is 325 g/mol. The molecule has 0 atom stereocenters. The third kappa shape index (κ3) is 3.71. The number of aryl methyl sites for hydroxylation is 2. The maximum Gasteiger partial charge on any atom is 0.238 e. The topological polar surface area (TPSA) is 72.4 Å². The van der Waals surface area contributed by atoms with Crippen molar-refractivity contribution in [2.24, 2.45) is 0 Å². The van der Waals surface area contributed by atoms with Crippen LogP contribution in [-0.4, -0.2) is 28.0 Å². The Hall–Kier alpha value is -2.89. The van der Waals surface area contributed by atoms with Gasteiger partial charge in [-0.05, 0) is 30.2 Å². The van der Waals surface area contributed by atoms with E-state index < -0.39 is 0 Å². The predicted molar refractivity (Wildman–Crippen MR) is 88.0 cm³/mol. The summed E-state index contributed by atoms with van der Waals surface area (Å²) < 4.78 is 10.4. The number of benzene rings is 1. The van der Waals surface area contributed by atoms with E-state index in [2.05, 4.69) is 10.1 Å². The molecular formula is C18H19N3O3. The minimum Gasteiger partial charge on any atom is -0.461 e. The fourth-order valence-electron chi connectivity index (χ4n) is 2.40. The molecule has 0 bridgehead atoms. The minimum atomic E-state index is 0.0380. The Balaban J connectivity index is 1.54. The van der Waals surface area contributed by atoms with Crippen LogP contribution in [0.15, 0.2) is 51.6 Å². The highest BCUT2D eigenvalue weighted by Gasteiger charge is 2.15. The van der Waals surface area contributed by atoms with Crippen LogP contribution in [0.1, 0.15) is 23.4 Å². The average molecular weight is 325 g/mol. The molecule has 6 heteroatoms. The summed E-state index contributed by atoms with van der Waals surface area (Å²) in [5, 5.41) is 3.86. The number of amides is 1. The van der Waals surface area contributed by atoms with Crippen molar-refractivity contribution in [1.29, 1.82) is 0 Å². The Kier molecular flexibility index (Phi) is 4.74. The van der Waals surface area contributed by atoms with Crippen LogP contribution in [0.3, 0.4) is 0 Å². The Morgan fingerprint density at radius 1 is 1.21 bits per heavy atom. The Morgan fingerprint density at radius 2 is 2.04 bits per heavy atom. The molecule has 0 N–H and O–H groups in total. The first-order chi connectivity index (χ1) is 11.6. The van der Waals surface area contributed by atoms with Gasteiger partial charge >= 0.3 is 0 Å². The number of rotatable bonds is 6. The van der Waals surface area contributed by atoms with Gasteiger partial charge in [-0.1, -0.05) is 29.4 Å². The van der Waals surface area contributed by atoms with Crippen LogP contribution in [0.25, 0.3) is 11.6 Å². The molecule has 24 heavy (non-hydrogen) atoms. The van der Waals surface area contributed by atoms with Crippen molar-refractivity contribution in [2.45, 2.75) is 26.3 Å². The molecule has 0 aliphatic carbocycles. The normalized spacial score (nSPS) is 10.8. The van der Waals surface area contributed by atoms with E-state index in [1.54, 1.807) is 30.3 Å². The summed E-state index contributed by atoms with van der Waals surface area (Å²) in [6.45, 7) is 2.63. The summed E-state index contributed by atoms with van der Waals surface area (Å²) in [6.07, 6.45) is 2.28. The molecule has 2 heterocycles. The van der Waals surface area contributed by atoms with E-state index in [9.17, 15) is 4.79 Å². The Labute approximate surface area is 140 Å². The van der Waals surface area contributed by atoms with Crippen molar-refractivity contribution in [3.63, 3.8) is 0 Å². The molecule has 0 spiro atoms. The molecule has 0 aliphatic rings. The second kappa shape index (κ2) is 7.12. The molecule has 0 fully saturated rings. The zero-order valence-corrected chi connectivity index (χ0v) is 13.7. The predicted octanol–water partition coefficient (Wildman–Crippen LogP) is 3.23. The lowest BCUT2D eigenvalue weighted by atomic mass is 10.1. The number of furan rings is 1. The van der Waals surface area contributed by atoms with E-state index in [4.69, 9.17) is 8.94 Å². The summed E-state index contributed by atoms with van der Waals surface area (Å²) in [5.41, 5.74) is 2.32. The van der Waals surface area contributed by atoms with Gasteiger partial charge in [-0.15, -0.1) is 0 Å². The van der Waals surface area contributed by atoms with E-state index in [0.717, 1.165) is 5.56 Å². The van der Waals surface area contributed by atoms with Gasteiger partial charge in [0.2, 0.25) is 17.6 Å². The number of carbonyl (C=O) groups is 1. The SMILES string of the molecule is Cc1ccccc1CN(C)C(=O)CCc1nc(-c2ccco2)no1. The first kappa shape index (κ1) is 16.0. The zero-order chi connectivity index (χ0) is 16.9. The van der Waals surface area contributed by atoms with Gasteiger partial charge in [0.05, 0.1) is 6.26 Å². The molecule has 0 saturated heterocycles. The summed E-state index contributed by atoms with van der Waals surface area (Å²) >= 11 is 0. The standard InChI is InChI=1S/C18H19N3O3/c1-13-6-3-4-7-14(13)12-21(2)17(22)10-9-16-19-18(20-24-16)15-8-5-11-23-15/h3-8,11H,9-10,12H2,1-2H3. The van der Waals surface area contributed by atoms with Gasteiger partial charge in [-0.25, -0.2) is 0 Å². The van der Waals surface area contributed by atoms with Gasteiger partial charge in [0.1, 0.15) is 0 Å². The summed E-state index contributed by atoms with van der Waals surface area (Å²) in [4.78, 5) is 18.2. The Bertz CT molecular complexity index is 809. The Morgan fingerprint density at radius 3 is 2.79 bits per heavy atom. The van der Waals surface area contributed by atoms with Crippen molar-refractivity contribution in [3.05, 3.63) is 59.7 Å². The van der Waals surface area contributed by atoms with Gasteiger partial charge in [0.15, 0.2) is 5.76 Å². The second-order valence-electron chi connectivity index (χ2n) is 5.67. The number of nitrogens with zero attached hydrogens (tertiary/aromatic N) is 3. The average Bonchev–Trinajstić information content (AvgIpc) is 3.25. The van der Waals surface area contributed by atoms with Crippen molar-refractivity contribution < 1.29 is 13.7 Å². The summed E-state index contributed by atoms with van der Waals surface area (Å²) in [7, 11) is 1.80. The first-order valence-electron chi connectivity index (χ1n) is 7.78. The molecule has 3 aromatic rings. The summed E-state index contributed by atoms with van der Waals surface area (Å²) in [5.74, 6) is 1.42. The quantitative estimate of drug-likeness (QED) is 0.696. The van der Waals surface area contributed by atoms with E-state index in [1.165, 1.54) is 5.56 Å². The summed E-state index contributed by atoms with van der Waals surface area (Å²) in [6, 6.07) is 11.6. The van der Waals surface area contributed by atoms with E-state index in [-0.39, 0.29) is 5.91 Å². The lowest BCUT2D eigenvalue weighted by Crippen LogP contribution is -2.26. The lowest BCUT2D eigenvalue weighted by Gasteiger charge is -2.18. The number of carbonyl (C=O) groups excluding carboxylic acids is 1. The van der Waals surface area contributed by atoms with Crippen molar-refractivity contribution in [3.8, 4) is 11.6 Å². The molecule has 6 nitrogen and oxygen atoms in total. The van der Waals surface area contributed by atoms with Crippen LogP contribution in [-0.2, 0) is 17.8 Å². The zero-order valence-electron chi connectivity index (χ0n) is 13.7. The lowest BCUT2D eigenvalue weighted by molar-refractivity contribution is -0.130. The minimum absolute atomic E-state index is 0.0380. The molecular weight excluding hydrogens is 306 g/mol. The van der Waals surface area contributed by atoms with Crippen LogP contribution in [0.4, 0.5) is 0 Å². The largest absolute Gasteiger partial charge is 0.461 e. The first-order valence-corrected chi connectivity index (χ1v) is 7.78. The molecule has 0 radical (unpaired) electrons.